The quantitative estimate of drug-likeness (QED) is 0.657. The van der Waals surface area contributed by atoms with Crippen molar-refractivity contribution < 1.29 is 9.90 Å². The van der Waals surface area contributed by atoms with Crippen molar-refractivity contribution >= 4 is 5.97 Å². The fourth-order valence-electron chi connectivity index (χ4n) is 1.87. The first kappa shape index (κ1) is 10.5. The van der Waals surface area contributed by atoms with Crippen molar-refractivity contribution in [2.24, 2.45) is 11.7 Å². The van der Waals surface area contributed by atoms with Gasteiger partial charge in [0, 0.05) is 19.0 Å². The first-order valence-electron chi connectivity index (χ1n) is 4.75. The van der Waals surface area contributed by atoms with Crippen molar-refractivity contribution in [1.82, 2.24) is 4.90 Å². The Morgan fingerprint density at radius 1 is 1.69 bits per heavy atom. The van der Waals surface area contributed by atoms with Crippen LogP contribution in [-0.4, -0.2) is 42.2 Å². The third-order valence-electron chi connectivity index (χ3n) is 2.74. The van der Waals surface area contributed by atoms with Gasteiger partial charge in [0.05, 0.1) is 0 Å². The van der Waals surface area contributed by atoms with Gasteiger partial charge in [-0.1, -0.05) is 0 Å². The minimum Gasteiger partial charge on any atom is -0.481 e. The molecule has 0 bridgehead atoms. The topological polar surface area (TPSA) is 66.6 Å². The zero-order valence-electron chi connectivity index (χ0n) is 8.07. The van der Waals surface area contributed by atoms with Gasteiger partial charge in [0.1, 0.15) is 0 Å². The molecule has 0 aliphatic carbocycles. The highest BCUT2D eigenvalue weighted by molar-refractivity contribution is 5.66. The third kappa shape index (κ3) is 3.32. The zero-order chi connectivity index (χ0) is 9.84. The van der Waals surface area contributed by atoms with E-state index in [2.05, 4.69) is 4.90 Å². The molecule has 2 atom stereocenters. The standard InChI is InChI=1S/C9H18N2O2/c1-11-5-4-7(8(10)6-11)2-3-9(12)13/h7-8H,2-6,10H2,1H3,(H,12,13). The van der Waals surface area contributed by atoms with E-state index >= 15 is 0 Å². The molecule has 1 rings (SSSR count). The Bertz CT molecular complexity index is 184. The average molecular weight is 186 g/mol. The van der Waals surface area contributed by atoms with Gasteiger partial charge in [0.15, 0.2) is 0 Å². The molecule has 0 aromatic rings. The monoisotopic (exact) mass is 186 g/mol. The number of likely N-dealkylation sites (N-methyl/N-ethyl adjacent to an activating group) is 1. The van der Waals surface area contributed by atoms with Crippen LogP contribution in [-0.2, 0) is 4.79 Å². The van der Waals surface area contributed by atoms with E-state index in [0.29, 0.717) is 5.92 Å². The van der Waals surface area contributed by atoms with Crippen LogP contribution >= 0.6 is 0 Å². The maximum Gasteiger partial charge on any atom is 0.303 e. The molecular weight excluding hydrogens is 168 g/mol. The van der Waals surface area contributed by atoms with Gasteiger partial charge < -0.3 is 15.7 Å². The second-order valence-corrected chi connectivity index (χ2v) is 3.91. The summed E-state index contributed by atoms with van der Waals surface area (Å²) in [5.41, 5.74) is 5.92. The highest BCUT2D eigenvalue weighted by Crippen LogP contribution is 2.20. The van der Waals surface area contributed by atoms with Gasteiger partial charge in [-0.2, -0.15) is 0 Å². The van der Waals surface area contributed by atoms with Crippen molar-refractivity contribution in [3.63, 3.8) is 0 Å². The molecule has 0 amide bonds. The molecular formula is C9H18N2O2. The van der Waals surface area contributed by atoms with Crippen LogP contribution in [0.2, 0.25) is 0 Å². The van der Waals surface area contributed by atoms with E-state index in [-0.39, 0.29) is 12.5 Å². The number of likely N-dealkylation sites (tertiary alicyclic amines) is 1. The molecule has 76 valence electrons. The Morgan fingerprint density at radius 3 is 2.92 bits per heavy atom. The molecule has 3 N–H and O–H groups in total. The van der Waals surface area contributed by atoms with Crippen molar-refractivity contribution in [2.75, 3.05) is 20.1 Å². The highest BCUT2D eigenvalue weighted by atomic mass is 16.4. The molecule has 0 saturated carbocycles. The first-order chi connectivity index (χ1) is 6.09. The van der Waals surface area contributed by atoms with Crippen molar-refractivity contribution in [2.45, 2.75) is 25.3 Å². The Labute approximate surface area is 78.7 Å². The molecule has 2 unspecified atom stereocenters. The molecule has 0 spiro atoms. The summed E-state index contributed by atoms with van der Waals surface area (Å²) in [4.78, 5) is 12.6. The highest BCUT2D eigenvalue weighted by Gasteiger charge is 2.24. The number of hydrogen-bond donors (Lipinski definition) is 2. The number of carbonyl (C=O) groups is 1. The predicted molar refractivity (Wildman–Crippen MR) is 50.4 cm³/mol. The smallest absolute Gasteiger partial charge is 0.303 e. The lowest BCUT2D eigenvalue weighted by Gasteiger charge is -2.34. The Morgan fingerprint density at radius 2 is 2.38 bits per heavy atom. The third-order valence-corrected chi connectivity index (χ3v) is 2.74. The molecule has 0 aromatic carbocycles. The van der Waals surface area contributed by atoms with Crippen LogP contribution in [0.4, 0.5) is 0 Å². The Kier molecular flexibility index (Phi) is 3.69. The Balaban J connectivity index is 2.29. The van der Waals surface area contributed by atoms with Gasteiger partial charge >= 0.3 is 5.97 Å². The lowest BCUT2D eigenvalue weighted by atomic mass is 9.88. The molecule has 1 heterocycles. The maximum absolute atomic E-state index is 10.4. The van der Waals surface area contributed by atoms with Crippen molar-refractivity contribution in [3.8, 4) is 0 Å². The average Bonchev–Trinajstić information content (AvgIpc) is 2.02. The summed E-state index contributed by atoms with van der Waals surface area (Å²) in [6.07, 6.45) is 2.01. The zero-order valence-corrected chi connectivity index (χ0v) is 8.07. The number of piperidine rings is 1. The molecule has 13 heavy (non-hydrogen) atoms. The van der Waals surface area contributed by atoms with Crippen molar-refractivity contribution in [3.05, 3.63) is 0 Å². The van der Waals surface area contributed by atoms with E-state index in [1.54, 1.807) is 0 Å². The molecule has 0 aromatic heterocycles. The number of aliphatic carboxylic acids is 1. The first-order valence-corrected chi connectivity index (χ1v) is 4.75. The molecule has 1 saturated heterocycles. The predicted octanol–water partition coefficient (Wildman–Crippen LogP) is 0.130. The number of carboxylic acid groups (broad SMARTS) is 1. The summed E-state index contributed by atoms with van der Waals surface area (Å²) in [6, 6.07) is 0.151. The molecule has 1 aliphatic rings. The molecule has 0 radical (unpaired) electrons. The summed E-state index contributed by atoms with van der Waals surface area (Å²) in [7, 11) is 2.05. The van der Waals surface area contributed by atoms with Gasteiger partial charge in [-0.05, 0) is 32.4 Å². The van der Waals surface area contributed by atoms with Crippen LogP contribution in [0, 0.1) is 5.92 Å². The number of hydrogen-bond acceptors (Lipinski definition) is 3. The van der Waals surface area contributed by atoms with Gasteiger partial charge in [-0.3, -0.25) is 4.79 Å². The summed E-state index contributed by atoms with van der Waals surface area (Å²) in [5.74, 6) is -0.321. The minimum absolute atomic E-state index is 0.151. The second kappa shape index (κ2) is 4.58. The lowest BCUT2D eigenvalue weighted by molar-refractivity contribution is -0.137. The summed E-state index contributed by atoms with van der Waals surface area (Å²) >= 11 is 0. The molecule has 4 nitrogen and oxygen atoms in total. The second-order valence-electron chi connectivity index (χ2n) is 3.91. The van der Waals surface area contributed by atoms with Gasteiger partial charge in [0.2, 0.25) is 0 Å². The number of nitrogens with zero attached hydrogens (tertiary/aromatic N) is 1. The Hall–Kier alpha value is -0.610. The SMILES string of the molecule is CN1CCC(CCC(=O)O)C(N)C1. The molecule has 1 aliphatic heterocycles. The normalized spacial score (nSPS) is 30.3. The molecule has 1 fully saturated rings. The van der Waals surface area contributed by atoms with E-state index < -0.39 is 5.97 Å². The van der Waals surface area contributed by atoms with Crippen LogP contribution in [0.25, 0.3) is 0 Å². The number of rotatable bonds is 3. The van der Waals surface area contributed by atoms with Gasteiger partial charge in [-0.15, -0.1) is 0 Å². The van der Waals surface area contributed by atoms with Crippen LogP contribution in [0.5, 0.6) is 0 Å². The van der Waals surface area contributed by atoms with E-state index in [0.717, 1.165) is 25.9 Å². The fourth-order valence-corrected chi connectivity index (χ4v) is 1.87. The van der Waals surface area contributed by atoms with E-state index in [1.807, 2.05) is 7.05 Å². The van der Waals surface area contributed by atoms with E-state index in [9.17, 15) is 4.79 Å². The summed E-state index contributed by atoms with van der Waals surface area (Å²) in [6.45, 7) is 1.93. The van der Waals surface area contributed by atoms with Gasteiger partial charge in [-0.25, -0.2) is 0 Å². The van der Waals surface area contributed by atoms with Crippen molar-refractivity contribution in [1.29, 1.82) is 0 Å². The van der Waals surface area contributed by atoms with E-state index in [4.69, 9.17) is 10.8 Å². The summed E-state index contributed by atoms with van der Waals surface area (Å²) < 4.78 is 0. The summed E-state index contributed by atoms with van der Waals surface area (Å²) in [5, 5.41) is 8.53. The molecule has 4 heteroatoms. The van der Waals surface area contributed by atoms with Gasteiger partial charge in [0.25, 0.3) is 0 Å². The number of carboxylic acids is 1. The minimum atomic E-state index is -0.717. The largest absolute Gasteiger partial charge is 0.481 e. The fraction of sp³-hybridized carbons (Fsp3) is 0.889. The maximum atomic E-state index is 10.4. The lowest BCUT2D eigenvalue weighted by Crippen LogP contribution is -2.46. The van der Waals surface area contributed by atoms with Crippen LogP contribution in [0.3, 0.4) is 0 Å². The van der Waals surface area contributed by atoms with Crippen LogP contribution in [0.1, 0.15) is 19.3 Å². The number of nitrogens with two attached hydrogens (primary N) is 1. The van der Waals surface area contributed by atoms with E-state index in [1.165, 1.54) is 0 Å². The van der Waals surface area contributed by atoms with Crippen LogP contribution < -0.4 is 5.73 Å². The van der Waals surface area contributed by atoms with Crippen LogP contribution in [0.15, 0.2) is 0 Å².